The van der Waals surface area contributed by atoms with Crippen molar-refractivity contribution in [3.05, 3.63) is 59.5 Å². The van der Waals surface area contributed by atoms with E-state index in [1.807, 2.05) is 20.8 Å². The second-order valence-electron chi connectivity index (χ2n) is 9.02. The molecule has 1 aliphatic rings. The number of nitrogens with zero attached hydrogens (tertiary/aromatic N) is 3. The lowest BCUT2D eigenvalue weighted by Crippen LogP contribution is -2.39. The molecule has 1 aromatic heterocycles. The lowest BCUT2D eigenvalue weighted by molar-refractivity contribution is 0.321. The molecule has 1 atom stereocenters. The Balaban J connectivity index is 1.84. The Morgan fingerprint density at radius 1 is 1.19 bits per heavy atom. The summed E-state index contributed by atoms with van der Waals surface area (Å²) in [7, 11) is -3.83. The molecule has 1 aliphatic heterocycles. The average molecular weight is 463 g/mol. The molecule has 0 aliphatic carbocycles. The van der Waals surface area contributed by atoms with Crippen LogP contribution < -0.4 is 10.6 Å². The Morgan fingerprint density at radius 2 is 1.88 bits per heavy atom. The van der Waals surface area contributed by atoms with Gasteiger partial charge in [-0.2, -0.15) is 4.98 Å². The normalized spacial score (nSPS) is 18.3. The van der Waals surface area contributed by atoms with Crippen LogP contribution in [0.2, 0.25) is 0 Å². The fourth-order valence-corrected chi connectivity index (χ4v) is 5.25. The number of halogens is 2. The second kappa shape index (κ2) is 7.93. The first kappa shape index (κ1) is 22.3. The molecule has 0 saturated carbocycles. The van der Waals surface area contributed by atoms with E-state index in [1.54, 1.807) is 17.0 Å². The maximum Gasteiger partial charge on any atom is 0.232 e. The summed E-state index contributed by atoms with van der Waals surface area (Å²) < 4.78 is 59.5. The first-order chi connectivity index (χ1) is 14.9. The number of fused-ring (bicyclic) bond motifs is 1. The monoisotopic (exact) mass is 462 g/mol. The number of hydrogen-bond donors (Lipinski definition) is 1. The number of sulfone groups is 1. The highest BCUT2D eigenvalue weighted by Crippen LogP contribution is 2.36. The van der Waals surface area contributed by atoms with Gasteiger partial charge in [0, 0.05) is 24.5 Å². The quantitative estimate of drug-likeness (QED) is 0.636. The summed E-state index contributed by atoms with van der Waals surface area (Å²) in [6.07, 6.45) is 0. The molecule has 10 heteroatoms. The number of rotatable bonds is 3. The molecular formula is C22H24F2N4O3S. The zero-order chi connectivity index (χ0) is 23.3. The van der Waals surface area contributed by atoms with Gasteiger partial charge in [-0.1, -0.05) is 38.1 Å². The number of anilines is 1. The van der Waals surface area contributed by atoms with Crippen LogP contribution >= 0.6 is 0 Å². The van der Waals surface area contributed by atoms with Crippen molar-refractivity contribution in [3.8, 4) is 11.4 Å². The Bertz CT molecular complexity index is 1250. The van der Waals surface area contributed by atoms with Gasteiger partial charge in [-0.05, 0) is 29.8 Å². The Morgan fingerprint density at radius 3 is 2.50 bits per heavy atom. The van der Waals surface area contributed by atoms with Gasteiger partial charge in [0.2, 0.25) is 11.7 Å². The van der Waals surface area contributed by atoms with Gasteiger partial charge < -0.3 is 15.2 Å². The van der Waals surface area contributed by atoms with Gasteiger partial charge in [0.1, 0.15) is 11.6 Å². The predicted octanol–water partition coefficient (Wildman–Crippen LogP) is 3.43. The van der Waals surface area contributed by atoms with Crippen molar-refractivity contribution in [2.24, 2.45) is 5.73 Å². The van der Waals surface area contributed by atoms with Crippen LogP contribution in [0.5, 0.6) is 0 Å². The van der Waals surface area contributed by atoms with Gasteiger partial charge in [0.25, 0.3) is 0 Å². The topological polar surface area (TPSA) is 102 Å². The van der Waals surface area contributed by atoms with Gasteiger partial charge in [0.05, 0.1) is 21.9 Å². The second-order valence-corrected chi connectivity index (χ2v) is 11.0. The summed E-state index contributed by atoms with van der Waals surface area (Å²) in [5.74, 6) is -1.09. The van der Waals surface area contributed by atoms with Crippen LogP contribution in [0.1, 0.15) is 32.2 Å². The molecule has 7 nitrogen and oxygen atoms in total. The van der Waals surface area contributed by atoms with Crippen LogP contribution in [-0.2, 0) is 21.8 Å². The molecule has 2 N–H and O–H groups in total. The highest BCUT2D eigenvalue weighted by Gasteiger charge is 2.33. The molecule has 0 amide bonds. The summed E-state index contributed by atoms with van der Waals surface area (Å²) in [6.45, 7) is 6.14. The minimum atomic E-state index is -3.83. The van der Waals surface area contributed by atoms with Crippen molar-refractivity contribution >= 4 is 15.5 Å². The summed E-state index contributed by atoms with van der Waals surface area (Å²) in [6, 6.07) is 7.60. The highest BCUT2D eigenvalue weighted by molar-refractivity contribution is 7.91. The largest absolute Gasteiger partial charge is 0.365 e. The van der Waals surface area contributed by atoms with Crippen molar-refractivity contribution in [3.63, 3.8) is 0 Å². The zero-order valence-electron chi connectivity index (χ0n) is 18.0. The van der Waals surface area contributed by atoms with Crippen LogP contribution in [-0.4, -0.2) is 36.9 Å². The molecule has 2 aromatic carbocycles. The minimum absolute atomic E-state index is 0.0257. The molecule has 0 unspecified atom stereocenters. The molecule has 0 bridgehead atoms. The maximum atomic E-state index is 15.1. The standard InChI is InChI=1S/C22H24F2N4O3S/c1-22(2,3)21-26-20(27-31-21)16-8-18-19(9-17(16)24)32(29,30)12-15(25)11-28(18)10-13-4-6-14(23)7-5-13/h4-9,15H,10-12,25H2,1-3H3/t15-/m1/s1. The van der Waals surface area contributed by atoms with Crippen LogP contribution in [0, 0.1) is 11.6 Å². The van der Waals surface area contributed by atoms with E-state index >= 15 is 4.39 Å². The molecular weight excluding hydrogens is 438 g/mol. The number of aromatic nitrogens is 2. The molecule has 170 valence electrons. The molecule has 2 heterocycles. The van der Waals surface area contributed by atoms with Crippen LogP contribution in [0.15, 0.2) is 45.8 Å². The van der Waals surface area contributed by atoms with Crippen LogP contribution in [0.25, 0.3) is 11.4 Å². The number of benzene rings is 2. The van der Waals surface area contributed by atoms with E-state index in [2.05, 4.69) is 10.1 Å². The van der Waals surface area contributed by atoms with Crippen molar-refractivity contribution < 1.29 is 21.7 Å². The van der Waals surface area contributed by atoms with E-state index in [1.165, 1.54) is 18.2 Å². The van der Waals surface area contributed by atoms with E-state index in [0.29, 0.717) is 11.6 Å². The van der Waals surface area contributed by atoms with Crippen LogP contribution in [0.3, 0.4) is 0 Å². The van der Waals surface area contributed by atoms with E-state index in [4.69, 9.17) is 10.3 Å². The van der Waals surface area contributed by atoms with E-state index in [0.717, 1.165) is 11.6 Å². The fourth-order valence-electron chi connectivity index (χ4n) is 3.61. The minimum Gasteiger partial charge on any atom is -0.365 e. The maximum absolute atomic E-state index is 15.1. The summed E-state index contributed by atoms with van der Waals surface area (Å²) in [4.78, 5) is 5.91. The van der Waals surface area contributed by atoms with Gasteiger partial charge in [0.15, 0.2) is 9.84 Å². The van der Waals surface area contributed by atoms with Crippen molar-refractivity contribution in [1.29, 1.82) is 0 Å². The third-order valence-corrected chi connectivity index (χ3v) is 7.07. The molecule has 0 spiro atoms. The molecule has 4 rings (SSSR count). The van der Waals surface area contributed by atoms with Gasteiger partial charge in [-0.15, -0.1) is 0 Å². The molecule has 0 saturated heterocycles. The molecule has 3 aromatic rings. The zero-order valence-corrected chi connectivity index (χ0v) is 18.8. The van der Waals surface area contributed by atoms with Gasteiger partial charge in [-0.25, -0.2) is 17.2 Å². The average Bonchev–Trinajstić information content (AvgIpc) is 3.16. The van der Waals surface area contributed by atoms with Crippen molar-refractivity contribution in [1.82, 2.24) is 10.1 Å². The lowest BCUT2D eigenvalue weighted by atomic mass is 9.97. The molecule has 0 radical (unpaired) electrons. The number of hydrogen-bond acceptors (Lipinski definition) is 7. The molecule has 32 heavy (non-hydrogen) atoms. The third kappa shape index (κ3) is 4.37. The Labute approximate surface area is 185 Å². The lowest BCUT2D eigenvalue weighted by Gasteiger charge is -2.26. The fraction of sp³-hybridized carbons (Fsp3) is 0.364. The van der Waals surface area contributed by atoms with Crippen molar-refractivity contribution in [2.45, 2.75) is 43.7 Å². The van der Waals surface area contributed by atoms with Gasteiger partial charge >= 0.3 is 0 Å². The van der Waals surface area contributed by atoms with Crippen LogP contribution in [0.4, 0.5) is 14.5 Å². The van der Waals surface area contributed by atoms with E-state index in [-0.39, 0.29) is 40.9 Å². The smallest absolute Gasteiger partial charge is 0.232 e. The summed E-state index contributed by atoms with van der Waals surface area (Å²) in [5, 5.41) is 3.90. The SMILES string of the molecule is CC(C)(C)c1nc(-c2cc3c(cc2F)S(=O)(=O)C[C@H](N)CN3Cc2ccc(F)cc2)no1. The van der Waals surface area contributed by atoms with E-state index < -0.39 is 27.1 Å². The molecule has 0 fully saturated rings. The Kier molecular flexibility index (Phi) is 5.54. The first-order valence-corrected chi connectivity index (χ1v) is 11.7. The van der Waals surface area contributed by atoms with Gasteiger partial charge in [-0.3, -0.25) is 0 Å². The predicted molar refractivity (Wildman–Crippen MR) is 116 cm³/mol. The van der Waals surface area contributed by atoms with Crippen molar-refractivity contribution in [2.75, 3.05) is 17.2 Å². The highest BCUT2D eigenvalue weighted by atomic mass is 32.2. The Hall–Kier alpha value is -2.85. The van der Waals surface area contributed by atoms with E-state index in [9.17, 15) is 12.8 Å². The first-order valence-electron chi connectivity index (χ1n) is 10.1. The third-order valence-electron chi connectivity index (χ3n) is 5.21. The summed E-state index contributed by atoms with van der Waals surface area (Å²) in [5.41, 5.74) is 6.72. The summed E-state index contributed by atoms with van der Waals surface area (Å²) >= 11 is 0. The number of nitrogens with two attached hydrogens (primary N) is 1.